The Kier molecular flexibility index (Phi) is 67.9. The summed E-state index contributed by atoms with van der Waals surface area (Å²) in [6, 6.07) is 0. The summed E-state index contributed by atoms with van der Waals surface area (Å²) in [5, 5.41) is 0. The molecule has 0 aliphatic heterocycles. The van der Waals surface area contributed by atoms with Crippen LogP contribution in [0.2, 0.25) is 0 Å². The molecule has 9 nitrogen and oxygen atoms in total. The summed E-state index contributed by atoms with van der Waals surface area (Å²) in [7, 11) is -4.40. The maximum Gasteiger partial charge on any atom is 0.472 e. The van der Waals surface area contributed by atoms with Gasteiger partial charge in [0, 0.05) is 19.4 Å². The highest BCUT2D eigenvalue weighted by atomic mass is 31.2. The minimum absolute atomic E-state index is 0.0505. The summed E-state index contributed by atoms with van der Waals surface area (Å²) in [4.78, 5) is 35.3. The molecule has 0 saturated carbocycles. The molecule has 10 heteroatoms. The molecule has 2 atom stereocenters. The second kappa shape index (κ2) is 69.8. The van der Waals surface area contributed by atoms with E-state index in [2.05, 4.69) is 74.6 Å². The molecule has 0 bridgehead atoms. The SMILES string of the molecule is CC/C=C\C/C=C\C/C=C\C/C=C\C/C=C\CCCCCCCCCC(=O)OC(COC(=O)CCCCCCCCCCCCCCCCCCCCCCCCCCCCCCCCCCCCCCCCCC)COP(=O)(O)OCCN. The van der Waals surface area contributed by atoms with E-state index in [1.165, 1.54) is 257 Å². The van der Waals surface area contributed by atoms with E-state index < -0.39 is 26.5 Å². The fraction of sp³-hybridized carbons (Fsp3) is 0.838. The Balaban J connectivity index is 3.76. The number of hydrogen-bond acceptors (Lipinski definition) is 8. The third kappa shape index (κ3) is 68.8. The number of hydrogen-bond donors (Lipinski definition) is 2. The summed E-state index contributed by atoms with van der Waals surface area (Å²) in [6.07, 6.45) is 90.6. The molecular weight excluding hydrogens is 1060 g/mol. The predicted molar refractivity (Wildman–Crippen MR) is 363 cm³/mol. The van der Waals surface area contributed by atoms with E-state index in [4.69, 9.17) is 24.3 Å². The number of unbranched alkanes of at least 4 members (excludes halogenated alkanes) is 46. The number of phosphoric ester groups is 1. The zero-order chi connectivity index (χ0) is 60.9. The fourth-order valence-corrected chi connectivity index (χ4v) is 11.6. The van der Waals surface area contributed by atoms with Gasteiger partial charge in [0.25, 0.3) is 0 Å². The van der Waals surface area contributed by atoms with Gasteiger partial charge in [0.1, 0.15) is 6.61 Å². The number of phosphoric acid groups is 1. The number of esters is 2. The van der Waals surface area contributed by atoms with Gasteiger partial charge in [-0.3, -0.25) is 18.6 Å². The maximum absolute atomic E-state index is 12.7. The van der Waals surface area contributed by atoms with E-state index in [0.29, 0.717) is 6.42 Å². The lowest BCUT2D eigenvalue weighted by molar-refractivity contribution is -0.161. The van der Waals surface area contributed by atoms with Gasteiger partial charge in [-0.05, 0) is 57.8 Å². The molecule has 492 valence electrons. The van der Waals surface area contributed by atoms with Gasteiger partial charge in [-0.15, -0.1) is 0 Å². The molecule has 0 saturated heterocycles. The first-order valence-corrected chi connectivity index (χ1v) is 37.8. The average molecular weight is 1200 g/mol. The Morgan fingerprint density at radius 3 is 0.976 bits per heavy atom. The Labute approximate surface area is 520 Å². The van der Waals surface area contributed by atoms with Crippen molar-refractivity contribution in [3.63, 3.8) is 0 Å². The van der Waals surface area contributed by atoms with E-state index in [1.54, 1.807) is 0 Å². The van der Waals surface area contributed by atoms with Crippen molar-refractivity contribution in [1.82, 2.24) is 0 Å². The monoisotopic (exact) mass is 1200 g/mol. The molecule has 0 amide bonds. The van der Waals surface area contributed by atoms with Gasteiger partial charge in [-0.25, -0.2) is 4.57 Å². The number of rotatable bonds is 69. The molecule has 0 radical (unpaired) electrons. The molecule has 0 aromatic rings. The van der Waals surface area contributed by atoms with Crippen LogP contribution in [-0.2, 0) is 32.7 Å². The number of nitrogens with two attached hydrogens (primary N) is 1. The Morgan fingerprint density at radius 1 is 0.369 bits per heavy atom. The molecule has 0 heterocycles. The number of ether oxygens (including phenoxy) is 2. The number of carbonyl (C=O) groups is 2. The highest BCUT2D eigenvalue weighted by Crippen LogP contribution is 2.43. The lowest BCUT2D eigenvalue weighted by Gasteiger charge is -2.19. The van der Waals surface area contributed by atoms with Crippen molar-refractivity contribution < 1.29 is 37.6 Å². The minimum Gasteiger partial charge on any atom is -0.462 e. The van der Waals surface area contributed by atoms with Crippen molar-refractivity contribution in [3.05, 3.63) is 60.8 Å². The first-order valence-electron chi connectivity index (χ1n) is 36.3. The van der Waals surface area contributed by atoms with E-state index in [9.17, 15) is 19.0 Å². The van der Waals surface area contributed by atoms with Crippen LogP contribution < -0.4 is 5.73 Å². The van der Waals surface area contributed by atoms with Crippen molar-refractivity contribution in [2.75, 3.05) is 26.4 Å². The molecule has 0 aromatic heterocycles. The topological polar surface area (TPSA) is 134 Å². The van der Waals surface area contributed by atoms with Crippen LogP contribution in [0.1, 0.15) is 367 Å². The Hall–Kier alpha value is -2.29. The second-order valence-electron chi connectivity index (χ2n) is 24.4. The van der Waals surface area contributed by atoms with E-state index >= 15 is 0 Å². The van der Waals surface area contributed by atoms with E-state index in [-0.39, 0.29) is 38.6 Å². The summed E-state index contributed by atoms with van der Waals surface area (Å²) in [6.45, 7) is 3.67. The standard InChI is InChI=1S/C74H138NO8P/c1-3-5-7-9-11-13-15-17-19-21-23-25-27-28-29-30-31-32-33-34-35-36-37-38-39-40-41-42-43-45-46-48-50-52-54-56-58-60-62-64-66-73(76)80-70-72(71-82-84(78,79)81-69-68-75)83-74(77)67-65-63-61-59-57-55-53-51-49-47-44-26-24-22-20-18-16-14-12-10-8-6-4-2/h6,8,12,14,18,20,24,26,47,49,72H,3-5,7,9-11,13,15-17,19,21-23,25,27-46,48,50-71,75H2,1-2H3,(H,78,79)/b8-6-,14-12-,20-18-,26-24-,49-47-. The molecule has 2 unspecified atom stereocenters. The third-order valence-corrected chi connectivity index (χ3v) is 17.2. The lowest BCUT2D eigenvalue weighted by atomic mass is 10.0. The summed E-state index contributed by atoms with van der Waals surface area (Å²) in [5.41, 5.74) is 5.40. The van der Waals surface area contributed by atoms with Gasteiger partial charge in [-0.2, -0.15) is 0 Å². The fourth-order valence-electron chi connectivity index (χ4n) is 10.8. The summed E-state index contributed by atoms with van der Waals surface area (Å²) < 4.78 is 33.2. The van der Waals surface area contributed by atoms with Crippen LogP contribution in [0.25, 0.3) is 0 Å². The van der Waals surface area contributed by atoms with Gasteiger partial charge < -0.3 is 20.1 Å². The third-order valence-electron chi connectivity index (χ3n) is 16.2. The predicted octanol–water partition coefficient (Wildman–Crippen LogP) is 23.8. The Morgan fingerprint density at radius 2 is 0.655 bits per heavy atom. The van der Waals surface area contributed by atoms with Crippen molar-refractivity contribution in [1.29, 1.82) is 0 Å². The minimum atomic E-state index is -4.40. The number of allylic oxidation sites excluding steroid dienone is 10. The van der Waals surface area contributed by atoms with Crippen LogP contribution in [0, 0.1) is 0 Å². The lowest BCUT2D eigenvalue weighted by Crippen LogP contribution is -2.29. The zero-order valence-electron chi connectivity index (χ0n) is 55.4. The zero-order valence-corrected chi connectivity index (χ0v) is 56.3. The Bertz CT molecular complexity index is 1560. The summed E-state index contributed by atoms with van der Waals surface area (Å²) >= 11 is 0. The molecule has 0 fully saturated rings. The second-order valence-corrected chi connectivity index (χ2v) is 25.9. The van der Waals surface area contributed by atoms with Crippen molar-refractivity contribution in [2.24, 2.45) is 5.73 Å². The molecule has 3 N–H and O–H groups in total. The summed E-state index contributed by atoms with van der Waals surface area (Å²) in [5.74, 6) is -0.827. The van der Waals surface area contributed by atoms with Crippen LogP contribution in [0.15, 0.2) is 60.8 Å². The highest BCUT2D eigenvalue weighted by Gasteiger charge is 2.26. The first-order chi connectivity index (χ1) is 41.3. The van der Waals surface area contributed by atoms with Gasteiger partial charge in [0.15, 0.2) is 6.10 Å². The van der Waals surface area contributed by atoms with Crippen LogP contribution in [0.4, 0.5) is 0 Å². The van der Waals surface area contributed by atoms with Crippen molar-refractivity contribution >= 4 is 19.8 Å². The normalized spacial score (nSPS) is 13.2. The molecule has 0 aliphatic rings. The van der Waals surface area contributed by atoms with Gasteiger partial charge >= 0.3 is 19.8 Å². The average Bonchev–Trinajstić information content (AvgIpc) is 3.58. The quantitative estimate of drug-likeness (QED) is 0.0264. The molecule has 0 spiro atoms. The van der Waals surface area contributed by atoms with Crippen LogP contribution >= 0.6 is 7.82 Å². The van der Waals surface area contributed by atoms with Crippen molar-refractivity contribution in [2.45, 2.75) is 373 Å². The van der Waals surface area contributed by atoms with Gasteiger partial charge in [0.2, 0.25) is 0 Å². The molecule has 84 heavy (non-hydrogen) atoms. The van der Waals surface area contributed by atoms with E-state index in [0.717, 1.165) is 77.0 Å². The largest absolute Gasteiger partial charge is 0.472 e. The molecule has 0 aromatic carbocycles. The van der Waals surface area contributed by atoms with Crippen LogP contribution in [0.3, 0.4) is 0 Å². The highest BCUT2D eigenvalue weighted by molar-refractivity contribution is 7.47. The maximum atomic E-state index is 12.7. The molecule has 0 rings (SSSR count). The molecule has 0 aliphatic carbocycles. The van der Waals surface area contributed by atoms with Crippen LogP contribution in [-0.4, -0.2) is 49.3 Å². The van der Waals surface area contributed by atoms with Gasteiger partial charge in [0.05, 0.1) is 13.2 Å². The molecular formula is C74H138NO8P. The van der Waals surface area contributed by atoms with E-state index in [1.807, 2.05) is 0 Å². The van der Waals surface area contributed by atoms with Crippen molar-refractivity contribution in [3.8, 4) is 0 Å². The first kappa shape index (κ1) is 81.7. The van der Waals surface area contributed by atoms with Gasteiger partial charge in [-0.1, -0.05) is 357 Å². The van der Waals surface area contributed by atoms with Crippen LogP contribution in [0.5, 0.6) is 0 Å². The smallest absolute Gasteiger partial charge is 0.462 e. The number of carbonyl (C=O) groups excluding carboxylic acids is 2.